The molecule has 1 aliphatic rings. The average molecular weight is 302 g/mol. The van der Waals surface area contributed by atoms with Gasteiger partial charge in [0, 0.05) is 5.56 Å². The van der Waals surface area contributed by atoms with Gasteiger partial charge in [-0.2, -0.15) is 5.26 Å². The van der Waals surface area contributed by atoms with Gasteiger partial charge < -0.3 is 15.6 Å². The highest BCUT2D eigenvalue weighted by atomic mass is 16.5. The van der Waals surface area contributed by atoms with Crippen molar-refractivity contribution in [2.24, 2.45) is 5.92 Å². The highest BCUT2D eigenvalue weighted by Crippen LogP contribution is 2.36. The molecular formula is C17H22N2O3. The molecule has 5 nitrogen and oxygen atoms in total. The van der Waals surface area contributed by atoms with Crippen molar-refractivity contribution >= 4 is 11.7 Å². The number of hydrogen-bond donors (Lipinski definition) is 2. The zero-order valence-corrected chi connectivity index (χ0v) is 12.9. The number of rotatable bonds is 4. The standard InChI is InChI=1S/C17H22N2O3/c1-2-22-17(21)14-9-12(10-18)15(19)13(16(14)20)8-11-6-4-3-5-7-11/h9,11,20H,2-8,19H2,1H3. The highest BCUT2D eigenvalue weighted by molar-refractivity contribution is 5.95. The summed E-state index contributed by atoms with van der Waals surface area (Å²) >= 11 is 0. The number of carbonyl (C=O) groups is 1. The minimum Gasteiger partial charge on any atom is -0.507 e. The molecule has 22 heavy (non-hydrogen) atoms. The minimum atomic E-state index is -0.624. The zero-order valence-electron chi connectivity index (χ0n) is 12.9. The van der Waals surface area contributed by atoms with Crippen molar-refractivity contribution in [1.82, 2.24) is 0 Å². The number of hydrogen-bond acceptors (Lipinski definition) is 5. The quantitative estimate of drug-likeness (QED) is 0.658. The van der Waals surface area contributed by atoms with Crippen molar-refractivity contribution < 1.29 is 14.6 Å². The summed E-state index contributed by atoms with van der Waals surface area (Å²) in [5, 5.41) is 19.6. The van der Waals surface area contributed by atoms with E-state index in [1.165, 1.54) is 25.3 Å². The Bertz CT molecular complexity index is 599. The normalized spacial score (nSPS) is 15.3. The number of phenolic OH excluding ortho intramolecular Hbond substituents is 1. The van der Waals surface area contributed by atoms with Gasteiger partial charge in [0.15, 0.2) is 0 Å². The highest BCUT2D eigenvalue weighted by Gasteiger charge is 2.24. The summed E-state index contributed by atoms with van der Waals surface area (Å²) in [7, 11) is 0. The Balaban J connectivity index is 2.39. The fourth-order valence-corrected chi connectivity index (χ4v) is 3.09. The number of nitrogens with zero attached hydrogens (tertiary/aromatic N) is 1. The first-order valence-corrected chi connectivity index (χ1v) is 7.80. The van der Waals surface area contributed by atoms with Gasteiger partial charge >= 0.3 is 5.97 Å². The first-order chi connectivity index (χ1) is 10.6. The smallest absolute Gasteiger partial charge is 0.341 e. The van der Waals surface area contributed by atoms with E-state index in [0.717, 1.165) is 12.8 Å². The van der Waals surface area contributed by atoms with E-state index in [1.54, 1.807) is 6.92 Å². The second-order valence-electron chi connectivity index (χ2n) is 5.75. The van der Waals surface area contributed by atoms with Gasteiger partial charge in [0.25, 0.3) is 0 Å². The summed E-state index contributed by atoms with van der Waals surface area (Å²) in [6.07, 6.45) is 6.36. The van der Waals surface area contributed by atoms with Crippen molar-refractivity contribution in [2.45, 2.75) is 45.4 Å². The molecule has 1 aromatic rings. The van der Waals surface area contributed by atoms with E-state index in [4.69, 9.17) is 10.5 Å². The predicted molar refractivity (Wildman–Crippen MR) is 83.5 cm³/mol. The molecule has 0 amide bonds. The average Bonchev–Trinajstić information content (AvgIpc) is 2.53. The Labute approximate surface area is 130 Å². The monoisotopic (exact) mass is 302 g/mol. The number of nitriles is 1. The molecule has 0 aliphatic heterocycles. The molecule has 3 N–H and O–H groups in total. The number of nitrogen functional groups attached to an aromatic ring is 1. The van der Waals surface area contributed by atoms with E-state index in [9.17, 15) is 15.2 Å². The van der Waals surface area contributed by atoms with Crippen LogP contribution in [0.25, 0.3) is 0 Å². The van der Waals surface area contributed by atoms with Crippen LogP contribution in [0.2, 0.25) is 0 Å². The van der Waals surface area contributed by atoms with Crippen LogP contribution in [-0.2, 0) is 11.2 Å². The lowest BCUT2D eigenvalue weighted by molar-refractivity contribution is 0.0523. The Morgan fingerprint density at radius 3 is 2.73 bits per heavy atom. The van der Waals surface area contributed by atoms with E-state index >= 15 is 0 Å². The van der Waals surface area contributed by atoms with Crippen LogP contribution in [0.1, 0.15) is 60.5 Å². The lowest BCUT2D eigenvalue weighted by Gasteiger charge is -2.23. The molecule has 1 aliphatic carbocycles. The van der Waals surface area contributed by atoms with Gasteiger partial charge in [0.1, 0.15) is 17.4 Å². The molecule has 0 saturated heterocycles. The molecule has 1 aromatic carbocycles. The van der Waals surface area contributed by atoms with Crippen molar-refractivity contribution in [1.29, 1.82) is 5.26 Å². The SMILES string of the molecule is CCOC(=O)c1cc(C#N)c(N)c(CC2CCCCC2)c1O. The molecule has 0 aromatic heterocycles. The second kappa shape index (κ2) is 7.17. The first kappa shape index (κ1) is 16.2. The molecule has 118 valence electrons. The molecule has 0 unspecified atom stereocenters. The number of ether oxygens (including phenoxy) is 1. The number of benzene rings is 1. The van der Waals surface area contributed by atoms with E-state index in [2.05, 4.69) is 0 Å². The van der Waals surface area contributed by atoms with Crippen molar-refractivity contribution in [3.8, 4) is 11.8 Å². The van der Waals surface area contributed by atoms with Crippen molar-refractivity contribution in [3.63, 3.8) is 0 Å². The summed E-state index contributed by atoms with van der Waals surface area (Å²) in [5.41, 5.74) is 7.05. The number of esters is 1. The fraction of sp³-hybridized carbons (Fsp3) is 0.529. The third-order valence-corrected chi connectivity index (χ3v) is 4.28. The third kappa shape index (κ3) is 3.33. The Hall–Kier alpha value is -2.22. The number of nitrogens with two attached hydrogens (primary N) is 1. The maximum atomic E-state index is 12.0. The molecule has 0 spiro atoms. The lowest BCUT2D eigenvalue weighted by atomic mass is 9.83. The van der Waals surface area contributed by atoms with Gasteiger partial charge in [-0.15, -0.1) is 0 Å². The number of carbonyl (C=O) groups excluding carboxylic acids is 1. The van der Waals surface area contributed by atoms with Gasteiger partial charge in [-0.1, -0.05) is 32.1 Å². The van der Waals surface area contributed by atoms with Crippen LogP contribution < -0.4 is 5.73 Å². The van der Waals surface area contributed by atoms with Gasteiger partial charge in [-0.05, 0) is 25.3 Å². The molecule has 2 rings (SSSR count). The summed E-state index contributed by atoms with van der Waals surface area (Å²) in [4.78, 5) is 12.0. The molecule has 0 heterocycles. The molecule has 0 atom stereocenters. The second-order valence-corrected chi connectivity index (χ2v) is 5.75. The predicted octanol–water partition coefficient (Wildman–Crippen LogP) is 3.15. The summed E-state index contributed by atoms with van der Waals surface area (Å²) in [6.45, 7) is 1.91. The van der Waals surface area contributed by atoms with Gasteiger partial charge in [0.05, 0.1) is 17.9 Å². The fourth-order valence-electron chi connectivity index (χ4n) is 3.09. The van der Waals surface area contributed by atoms with Crippen molar-refractivity contribution in [2.75, 3.05) is 12.3 Å². The van der Waals surface area contributed by atoms with Crippen LogP contribution in [-0.4, -0.2) is 17.7 Å². The molecular weight excluding hydrogens is 280 g/mol. The van der Waals surface area contributed by atoms with E-state index in [-0.39, 0.29) is 29.2 Å². The Kier molecular flexibility index (Phi) is 5.26. The van der Waals surface area contributed by atoms with Crippen LogP contribution in [0.4, 0.5) is 5.69 Å². The summed E-state index contributed by atoms with van der Waals surface area (Å²) < 4.78 is 4.94. The van der Waals surface area contributed by atoms with Crippen LogP contribution in [0.5, 0.6) is 5.75 Å². The number of anilines is 1. The molecule has 1 fully saturated rings. The number of aromatic hydroxyl groups is 1. The molecule has 5 heteroatoms. The third-order valence-electron chi connectivity index (χ3n) is 4.28. The van der Waals surface area contributed by atoms with E-state index in [0.29, 0.717) is 17.9 Å². The van der Waals surface area contributed by atoms with Crippen LogP contribution >= 0.6 is 0 Å². The maximum absolute atomic E-state index is 12.0. The Morgan fingerprint density at radius 1 is 1.45 bits per heavy atom. The van der Waals surface area contributed by atoms with Gasteiger partial charge in [0.2, 0.25) is 0 Å². The van der Waals surface area contributed by atoms with Crippen LogP contribution in [0.15, 0.2) is 6.07 Å². The molecule has 0 bridgehead atoms. The Morgan fingerprint density at radius 2 is 2.14 bits per heavy atom. The summed E-state index contributed by atoms with van der Waals surface area (Å²) in [5.74, 6) is -0.326. The van der Waals surface area contributed by atoms with Crippen molar-refractivity contribution in [3.05, 3.63) is 22.8 Å². The maximum Gasteiger partial charge on any atom is 0.341 e. The van der Waals surface area contributed by atoms with Gasteiger partial charge in [-0.3, -0.25) is 0 Å². The largest absolute Gasteiger partial charge is 0.507 e. The topological polar surface area (TPSA) is 96.3 Å². The zero-order chi connectivity index (χ0) is 16.1. The number of phenols is 1. The summed E-state index contributed by atoms with van der Waals surface area (Å²) in [6, 6.07) is 3.31. The van der Waals surface area contributed by atoms with Gasteiger partial charge in [-0.25, -0.2) is 4.79 Å². The first-order valence-electron chi connectivity index (χ1n) is 7.80. The van der Waals surface area contributed by atoms with E-state index < -0.39 is 5.97 Å². The van der Waals surface area contributed by atoms with Crippen LogP contribution in [0.3, 0.4) is 0 Å². The minimum absolute atomic E-state index is 0.0263. The molecule has 1 saturated carbocycles. The molecule has 0 radical (unpaired) electrons. The van der Waals surface area contributed by atoms with E-state index in [1.807, 2.05) is 6.07 Å². The lowest BCUT2D eigenvalue weighted by Crippen LogP contribution is -2.14. The van der Waals surface area contributed by atoms with Crippen LogP contribution in [0, 0.1) is 17.2 Å².